The van der Waals surface area contributed by atoms with Crippen molar-refractivity contribution < 1.29 is 38.7 Å². The fourth-order valence-electron chi connectivity index (χ4n) is 7.85. The molecule has 0 saturated carbocycles. The van der Waals surface area contributed by atoms with Crippen LogP contribution in [0.5, 0.6) is 0 Å². The van der Waals surface area contributed by atoms with Crippen LogP contribution in [-0.4, -0.2) is 70.7 Å². The molecule has 0 fully saturated rings. The molecule has 2 aliphatic rings. The number of benzene rings is 6. The van der Waals surface area contributed by atoms with Gasteiger partial charge in [-0.3, -0.25) is 28.8 Å². The van der Waals surface area contributed by atoms with Crippen LogP contribution in [0, 0.1) is 0 Å². The van der Waals surface area contributed by atoms with Crippen molar-refractivity contribution in [2.75, 3.05) is 10.6 Å². The summed E-state index contributed by atoms with van der Waals surface area (Å²) in [5.41, 5.74) is 5.40. The Morgan fingerprint density at radius 3 is 1.71 bits per heavy atom. The van der Waals surface area contributed by atoms with Gasteiger partial charge >= 0.3 is 5.97 Å². The fraction of sp³-hybridized carbons (Fsp3) is 0.204. The number of carbonyl (C=O) groups excluding carboxylic acids is 6. The third kappa shape index (κ3) is 13.8. The Balaban J connectivity index is 1.24. The Morgan fingerprint density at radius 1 is 0.529 bits per heavy atom. The number of aromatic carboxylic acids is 1. The number of nitrogens with one attached hydrogen (secondary N) is 6. The number of amides is 6. The molecule has 346 valence electrons. The molecule has 4 atom stereocenters. The lowest BCUT2D eigenvalue weighted by Gasteiger charge is -2.27. The average Bonchev–Trinajstić information content (AvgIpc) is 3.35. The molecule has 6 aromatic rings. The zero-order valence-corrected chi connectivity index (χ0v) is 37.2. The number of carboxylic acid groups (broad SMARTS) is 1. The average molecular weight is 913 g/mol. The second-order valence-corrected chi connectivity index (χ2v) is 16.6. The van der Waals surface area contributed by atoms with Gasteiger partial charge in [0.25, 0.3) is 0 Å². The van der Waals surface area contributed by atoms with Crippen LogP contribution < -0.4 is 31.9 Å². The van der Waals surface area contributed by atoms with Crippen molar-refractivity contribution in [2.24, 2.45) is 0 Å². The van der Waals surface area contributed by atoms with Crippen molar-refractivity contribution in [3.8, 4) is 11.1 Å². The molecule has 0 aromatic heterocycles. The van der Waals surface area contributed by atoms with E-state index in [2.05, 4.69) is 31.9 Å². The minimum Gasteiger partial charge on any atom is -0.478 e. The molecule has 6 aromatic carbocycles. The molecule has 0 spiro atoms. The van der Waals surface area contributed by atoms with Crippen LogP contribution in [0.15, 0.2) is 164 Å². The number of aryl methyl sites for hydroxylation is 1. The molecule has 0 saturated heterocycles. The molecule has 2 aliphatic heterocycles. The topological polar surface area (TPSA) is 212 Å². The summed E-state index contributed by atoms with van der Waals surface area (Å²) in [7, 11) is 0. The molecule has 2 heterocycles. The van der Waals surface area contributed by atoms with Gasteiger partial charge in [0.1, 0.15) is 24.2 Å². The first-order valence-corrected chi connectivity index (χ1v) is 22.4. The summed E-state index contributed by atoms with van der Waals surface area (Å²) in [6.45, 7) is 0. The first kappa shape index (κ1) is 47.6. The van der Waals surface area contributed by atoms with Gasteiger partial charge < -0.3 is 37.0 Å². The Morgan fingerprint density at radius 2 is 1.07 bits per heavy atom. The number of carboxylic acids is 1. The lowest BCUT2D eigenvalue weighted by atomic mass is 9.98. The molecule has 14 heteroatoms. The molecule has 6 amide bonds. The molecule has 8 rings (SSSR count). The zero-order valence-electron chi connectivity index (χ0n) is 37.2. The fourth-order valence-corrected chi connectivity index (χ4v) is 7.85. The van der Waals surface area contributed by atoms with Gasteiger partial charge in [-0.1, -0.05) is 133 Å². The van der Waals surface area contributed by atoms with Crippen LogP contribution >= 0.6 is 0 Å². The van der Waals surface area contributed by atoms with Crippen LogP contribution in [-0.2, 0) is 54.5 Å². The maximum Gasteiger partial charge on any atom is 0.335 e. The van der Waals surface area contributed by atoms with Crippen molar-refractivity contribution >= 4 is 52.8 Å². The van der Waals surface area contributed by atoms with Crippen LogP contribution in [0.1, 0.15) is 51.9 Å². The standard InChI is InChI=1S/C54H52N6O8/c61-48-29-30-49(62)57-44(28-23-35-11-4-1-5-12-35)50(63)58-47(32-37-19-24-40(25-20-37)39-15-8-3-9-16-39)53(66)60-46(31-36-13-6-2-7-14-36)52(65)59-45(33-38-21-26-42(55-48)27-22-38)51(64)56-43-18-10-17-41(34-43)54(67)68/h1-22,24-27,34,44-47H,23,28-33H2,(H,55,61)(H,56,64)(H,57,62)(H,58,63)(H,59,65)(H,60,66)(H,67,68). The summed E-state index contributed by atoms with van der Waals surface area (Å²) in [6, 6.07) is 43.1. The quantitative estimate of drug-likeness (QED) is 0.0762. The maximum atomic E-state index is 14.8. The van der Waals surface area contributed by atoms with E-state index >= 15 is 0 Å². The zero-order chi connectivity index (χ0) is 47.8. The van der Waals surface area contributed by atoms with Crippen LogP contribution in [0.4, 0.5) is 11.4 Å². The lowest BCUT2D eigenvalue weighted by Crippen LogP contribution is -2.59. The number of hydrogen-bond donors (Lipinski definition) is 7. The SMILES string of the molecule is O=C1CCC(=O)NC(CCc2ccccc2)C(=O)NC(Cc2ccc(-c3ccccc3)cc2)C(=O)NC(Cc2ccccc2)C(=O)NC(C(=O)Nc2cccc(C(=O)O)c2)Cc2ccc(cc2)N1. The summed E-state index contributed by atoms with van der Waals surface area (Å²) in [5.74, 6) is -4.88. The predicted molar refractivity (Wildman–Crippen MR) is 258 cm³/mol. The molecular weight excluding hydrogens is 861 g/mol. The normalized spacial score (nSPS) is 18.4. The van der Waals surface area contributed by atoms with Gasteiger partial charge in [-0.15, -0.1) is 0 Å². The number of rotatable bonds is 11. The highest BCUT2D eigenvalue weighted by Gasteiger charge is 2.32. The molecule has 14 nitrogen and oxygen atoms in total. The smallest absolute Gasteiger partial charge is 0.335 e. The summed E-state index contributed by atoms with van der Waals surface area (Å²) in [6.07, 6.45) is 0.128. The maximum absolute atomic E-state index is 14.8. The van der Waals surface area contributed by atoms with Crippen molar-refractivity contribution in [2.45, 2.75) is 69.1 Å². The van der Waals surface area contributed by atoms with Crippen LogP contribution in [0.2, 0.25) is 0 Å². The Bertz CT molecular complexity index is 2720. The van der Waals surface area contributed by atoms with E-state index in [0.717, 1.165) is 16.7 Å². The summed E-state index contributed by atoms with van der Waals surface area (Å²) in [5, 5.41) is 26.5. The first-order valence-electron chi connectivity index (χ1n) is 22.4. The van der Waals surface area contributed by atoms with Crippen LogP contribution in [0.3, 0.4) is 0 Å². The lowest BCUT2D eigenvalue weighted by molar-refractivity contribution is -0.134. The van der Waals surface area contributed by atoms with E-state index < -0.39 is 65.6 Å². The van der Waals surface area contributed by atoms with Gasteiger partial charge in [0.2, 0.25) is 35.4 Å². The minimum atomic E-state index is -1.27. The van der Waals surface area contributed by atoms with E-state index in [1.165, 1.54) is 24.3 Å². The molecule has 0 radical (unpaired) electrons. The highest BCUT2D eigenvalue weighted by molar-refractivity contribution is 6.00. The summed E-state index contributed by atoms with van der Waals surface area (Å²) >= 11 is 0. The second-order valence-electron chi connectivity index (χ2n) is 16.6. The van der Waals surface area contributed by atoms with E-state index in [1.807, 2.05) is 91.0 Å². The van der Waals surface area contributed by atoms with Gasteiger partial charge in [-0.25, -0.2) is 4.79 Å². The van der Waals surface area contributed by atoms with Gasteiger partial charge in [0, 0.05) is 43.5 Å². The number of anilines is 2. The van der Waals surface area contributed by atoms with E-state index in [9.17, 15) is 38.7 Å². The summed E-state index contributed by atoms with van der Waals surface area (Å²) in [4.78, 5) is 96.2. The monoisotopic (exact) mass is 912 g/mol. The predicted octanol–water partition coefficient (Wildman–Crippen LogP) is 6.02. The number of carbonyl (C=O) groups is 7. The molecule has 0 aliphatic carbocycles. The highest BCUT2D eigenvalue weighted by atomic mass is 16.4. The van der Waals surface area contributed by atoms with Gasteiger partial charge in [0.05, 0.1) is 5.56 Å². The van der Waals surface area contributed by atoms with Gasteiger partial charge in [-0.05, 0) is 76.6 Å². The minimum absolute atomic E-state index is 0.00209. The molecule has 68 heavy (non-hydrogen) atoms. The molecule has 7 N–H and O–H groups in total. The van der Waals surface area contributed by atoms with Gasteiger partial charge in [-0.2, -0.15) is 0 Å². The molecule has 4 unspecified atom stereocenters. The van der Waals surface area contributed by atoms with E-state index in [4.69, 9.17) is 0 Å². The molecule has 2 bridgehead atoms. The van der Waals surface area contributed by atoms with Crippen molar-refractivity contribution in [3.63, 3.8) is 0 Å². The van der Waals surface area contributed by atoms with E-state index in [0.29, 0.717) is 28.8 Å². The Labute approximate surface area is 394 Å². The number of hydrogen-bond acceptors (Lipinski definition) is 7. The third-order valence-corrected chi connectivity index (χ3v) is 11.5. The van der Waals surface area contributed by atoms with Gasteiger partial charge in [0.15, 0.2) is 0 Å². The van der Waals surface area contributed by atoms with Crippen molar-refractivity contribution in [3.05, 3.63) is 192 Å². The molecular formula is C54H52N6O8. The Hall–Kier alpha value is -8.39. The van der Waals surface area contributed by atoms with E-state index in [1.54, 1.807) is 48.5 Å². The second kappa shape index (κ2) is 23.2. The summed E-state index contributed by atoms with van der Waals surface area (Å²) < 4.78 is 0. The largest absolute Gasteiger partial charge is 0.478 e. The Kier molecular flexibility index (Phi) is 16.2. The van der Waals surface area contributed by atoms with Crippen LogP contribution in [0.25, 0.3) is 11.1 Å². The number of fused-ring (bicyclic) bond motifs is 18. The first-order chi connectivity index (χ1) is 32.9. The van der Waals surface area contributed by atoms with Crippen molar-refractivity contribution in [1.82, 2.24) is 21.3 Å². The highest BCUT2D eigenvalue weighted by Crippen LogP contribution is 2.21. The van der Waals surface area contributed by atoms with E-state index in [-0.39, 0.29) is 49.8 Å². The van der Waals surface area contributed by atoms with Crippen molar-refractivity contribution in [1.29, 1.82) is 0 Å². The third-order valence-electron chi connectivity index (χ3n) is 11.5.